The van der Waals surface area contributed by atoms with Crippen LogP contribution in [0.4, 0.5) is 5.13 Å². The van der Waals surface area contributed by atoms with Crippen molar-refractivity contribution in [3.63, 3.8) is 0 Å². The van der Waals surface area contributed by atoms with Crippen molar-refractivity contribution in [2.24, 2.45) is 0 Å². The number of hydrogen-bond donors (Lipinski definition) is 1. The van der Waals surface area contributed by atoms with Gasteiger partial charge in [0.25, 0.3) is 5.91 Å². The predicted octanol–water partition coefficient (Wildman–Crippen LogP) is 5.09. The number of anilines is 1. The summed E-state index contributed by atoms with van der Waals surface area (Å²) in [5.41, 5.74) is 6.49. The molecular weight excluding hydrogens is 358 g/mol. The van der Waals surface area contributed by atoms with Gasteiger partial charge in [-0.25, -0.2) is 0 Å². The molecule has 6 heteroatoms. The topological polar surface area (TPSA) is 64.1 Å². The van der Waals surface area contributed by atoms with Crippen molar-refractivity contribution in [1.29, 1.82) is 0 Å². The molecule has 0 spiro atoms. The Hall–Kier alpha value is -2.73. The number of rotatable bonds is 5. The van der Waals surface area contributed by atoms with Gasteiger partial charge in [-0.3, -0.25) is 10.1 Å². The highest BCUT2D eigenvalue weighted by Gasteiger charge is 2.16. The number of nitrogens with zero attached hydrogens (tertiary/aromatic N) is 2. The molecule has 1 N–H and O–H groups in total. The van der Waals surface area contributed by atoms with Crippen molar-refractivity contribution >= 4 is 22.4 Å². The Bertz CT molecular complexity index is 952. The van der Waals surface area contributed by atoms with Crippen LogP contribution in [0.5, 0.6) is 5.75 Å². The van der Waals surface area contributed by atoms with Gasteiger partial charge in [0.15, 0.2) is 0 Å². The number of carbonyl (C=O) groups is 1. The molecule has 0 fully saturated rings. The normalized spacial score (nSPS) is 10.7. The molecule has 3 rings (SSSR count). The maximum absolute atomic E-state index is 12.5. The summed E-state index contributed by atoms with van der Waals surface area (Å²) in [7, 11) is 0. The Morgan fingerprint density at radius 2 is 1.67 bits per heavy atom. The molecule has 1 heterocycles. The van der Waals surface area contributed by atoms with Crippen molar-refractivity contribution < 1.29 is 9.53 Å². The highest BCUT2D eigenvalue weighted by atomic mass is 32.1. The Kier molecular flexibility index (Phi) is 5.56. The standard InChI is InChI=1S/C21H23N3O2S/c1-6-26-17-9-7-16(8-10-17)19(25)22-21-24-23-20(27-21)18-14(4)12(2)11-13(3)15(18)5/h7-11H,6H2,1-5H3,(H,22,24,25). The van der Waals surface area contributed by atoms with Gasteiger partial charge in [0.1, 0.15) is 10.8 Å². The monoisotopic (exact) mass is 381 g/mol. The van der Waals surface area contributed by atoms with Gasteiger partial charge in [-0.2, -0.15) is 0 Å². The first-order valence-electron chi connectivity index (χ1n) is 8.86. The summed E-state index contributed by atoms with van der Waals surface area (Å²) >= 11 is 1.39. The zero-order valence-corrected chi connectivity index (χ0v) is 17.0. The molecule has 0 unspecified atom stereocenters. The van der Waals surface area contributed by atoms with E-state index in [-0.39, 0.29) is 5.91 Å². The second-order valence-corrected chi connectivity index (χ2v) is 7.44. The van der Waals surface area contributed by atoms with Crippen LogP contribution in [0.25, 0.3) is 10.6 Å². The van der Waals surface area contributed by atoms with Gasteiger partial charge in [-0.05, 0) is 81.1 Å². The zero-order valence-electron chi connectivity index (χ0n) is 16.2. The molecule has 1 amide bonds. The minimum absolute atomic E-state index is 0.213. The maximum atomic E-state index is 12.5. The van der Waals surface area contributed by atoms with Crippen LogP contribution in [0.3, 0.4) is 0 Å². The van der Waals surface area contributed by atoms with Crippen LogP contribution in [0.2, 0.25) is 0 Å². The molecule has 0 saturated carbocycles. The number of ether oxygens (including phenoxy) is 1. The summed E-state index contributed by atoms with van der Waals surface area (Å²) in [5.74, 6) is 0.530. The Morgan fingerprint density at radius 1 is 1.04 bits per heavy atom. The van der Waals surface area contributed by atoms with Gasteiger partial charge in [0.2, 0.25) is 5.13 Å². The Balaban J connectivity index is 1.82. The minimum Gasteiger partial charge on any atom is -0.494 e. The van der Waals surface area contributed by atoms with Crippen molar-refractivity contribution in [1.82, 2.24) is 10.2 Å². The van der Waals surface area contributed by atoms with Gasteiger partial charge in [0, 0.05) is 11.1 Å². The zero-order chi connectivity index (χ0) is 19.6. The molecule has 0 atom stereocenters. The van der Waals surface area contributed by atoms with E-state index in [1.165, 1.54) is 33.6 Å². The lowest BCUT2D eigenvalue weighted by Gasteiger charge is -2.12. The van der Waals surface area contributed by atoms with E-state index in [2.05, 4.69) is 49.3 Å². The number of amides is 1. The Labute approximate surface area is 163 Å². The lowest BCUT2D eigenvalue weighted by molar-refractivity contribution is 0.102. The fourth-order valence-corrected chi connectivity index (χ4v) is 3.85. The van der Waals surface area contributed by atoms with Crippen molar-refractivity contribution in [3.8, 4) is 16.3 Å². The van der Waals surface area contributed by atoms with Gasteiger partial charge >= 0.3 is 0 Å². The molecule has 5 nitrogen and oxygen atoms in total. The highest BCUT2D eigenvalue weighted by molar-refractivity contribution is 7.18. The number of aromatic nitrogens is 2. The maximum Gasteiger partial charge on any atom is 0.257 e. The molecule has 1 aromatic heterocycles. The molecule has 0 aliphatic rings. The van der Waals surface area contributed by atoms with Gasteiger partial charge in [-0.1, -0.05) is 17.4 Å². The number of hydrogen-bond acceptors (Lipinski definition) is 5. The van der Waals surface area contributed by atoms with Crippen LogP contribution < -0.4 is 10.1 Å². The van der Waals surface area contributed by atoms with E-state index in [1.807, 2.05) is 6.92 Å². The largest absolute Gasteiger partial charge is 0.494 e. The summed E-state index contributed by atoms with van der Waals surface area (Å²) in [6.07, 6.45) is 0. The number of aryl methyl sites for hydroxylation is 2. The van der Waals surface area contributed by atoms with Gasteiger partial charge in [0.05, 0.1) is 6.61 Å². The summed E-state index contributed by atoms with van der Waals surface area (Å²) in [5, 5.41) is 12.6. The number of carbonyl (C=O) groups excluding carboxylic acids is 1. The van der Waals surface area contributed by atoms with E-state index in [0.717, 1.165) is 16.3 Å². The van der Waals surface area contributed by atoms with E-state index in [1.54, 1.807) is 24.3 Å². The van der Waals surface area contributed by atoms with E-state index in [0.29, 0.717) is 17.3 Å². The van der Waals surface area contributed by atoms with Crippen molar-refractivity contribution in [3.05, 3.63) is 58.1 Å². The molecular formula is C21H23N3O2S. The minimum atomic E-state index is -0.213. The third-order valence-electron chi connectivity index (χ3n) is 4.65. The van der Waals surface area contributed by atoms with Crippen LogP contribution in [0.1, 0.15) is 39.5 Å². The summed E-state index contributed by atoms with van der Waals surface area (Å²) in [6.45, 7) is 10.9. The second kappa shape index (κ2) is 7.88. The third-order valence-corrected chi connectivity index (χ3v) is 5.51. The molecule has 3 aromatic rings. The molecule has 0 aliphatic carbocycles. The van der Waals surface area contributed by atoms with E-state index in [9.17, 15) is 4.79 Å². The first-order valence-corrected chi connectivity index (χ1v) is 9.67. The van der Waals surface area contributed by atoms with Crippen LogP contribution >= 0.6 is 11.3 Å². The second-order valence-electron chi connectivity index (χ2n) is 6.46. The fourth-order valence-electron chi connectivity index (χ4n) is 2.95. The van der Waals surface area contributed by atoms with Crippen LogP contribution in [0.15, 0.2) is 30.3 Å². The molecule has 0 saturated heterocycles. The molecule has 0 aliphatic heterocycles. The average molecular weight is 382 g/mol. The van der Waals surface area contributed by atoms with E-state index >= 15 is 0 Å². The molecule has 0 radical (unpaired) electrons. The Morgan fingerprint density at radius 3 is 2.26 bits per heavy atom. The quantitative estimate of drug-likeness (QED) is 0.668. The van der Waals surface area contributed by atoms with Gasteiger partial charge in [-0.15, -0.1) is 10.2 Å². The average Bonchev–Trinajstić information content (AvgIpc) is 3.09. The molecule has 27 heavy (non-hydrogen) atoms. The predicted molar refractivity (Wildman–Crippen MR) is 110 cm³/mol. The number of nitrogens with one attached hydrogen (secondary N) is 1. The van der Waals surface area contributed by atoms with Crippen molar-refractivity contribution in [2.75, 3.05) is 11.9 Å². The van der Waals surface area contributed by atoms with Crippen molar-refractivity contribution in [2.45, 2.75) is 34.6 Å². The van der Waals surface area contributed by atoms with E-state index in [4.69, 9.17) is 4.74 Å². The first kappa shape index (κ1) is 19.0. The molecule has 140 valence electrons. The molecule has 2 aromatic carbocycles. The highest BCUT2D eigenvalue weighted by Crippen LogP contribution is 2.34. The first-order chi connectivity index (χ1) is 12.9. The summed E-state index contributed by atoms with van der Waals surface area (Å²) in [6, 6.07) is 9.23. The third kappa shape index (κ3) is 4.01. The lowest BCUT2D eigenvalue weighted by Crippen LogP contribution is -2.11. The van der Waals surface area contributed by atoms with Crippen LogP contribution in [0, 0.1) is 27.7 Å². The van der Waals surface area contributed by atoms with Crippen LogP contribution in [-0.4, -0.2) is 22.7 Å². The summed E-state index contributed by atoms with van der Waals surface area (Å²) in [4.78, 5) is 12.5. The van der Waals surface area contributed by atoms with E-state index < -0.39 is 0 Å². The lowest BCUT2D eigenvalue weighted by atomic mass is 9.95. The summed E-state index contributed by atoms with van der Waals surface area (Å²) < 4.78 is 5.40. The smallest absolute Gasteiger partial charge is 0.257 e. The molecule has 0 bridgehead atoms. The fraction of sp³-hybridized carbons (Fsp3) is 0.286. The SMILES string of the molecule is CCOc1ccc(C(=O)Nc2nnc(-c3c(C)c(C)cc(C)c3C)s2)cc1. The number of benzene rings is 2. The van der Waals surface area contributed by atoms with Gasteiger partial charge < -0.3 is 4.74 Å². The van der Waals surface area contributed by atoms with Crippen LogP contribution in [-0.2, 0) is 0 Å².